The Kier molecular flexibility index (Phi) is 6.91. The van der Waals surface area contributed by atoms with Gasteiger partial charge in [0.15, 0.2) is 12.7 Å². The highest BCUT2D eigenvalue weighted by atomic mass is 35.5. The molecule has 9 heteroatoms. The summed E-state index contributed by atoms with van der Waals surface area (Å²) < 4.78 is 15.9. The Bertz CT molecular complexity index is 887. The Hall–Kier alpha value is -3.26. The lowest BCUT2D eigenvalue weighted by atomic mass is 10.1. The third-order valence-electron chi connectivity index (χ3n) is 3.93. The number of amides is 2. The number of esters is 1. The minimum atomic E-state index is -1.01. The molecule has 1 heterocycles. The number of fused-ring (bicyclic) bond motifs is 1. The monoisotopic (exact) mass is 418 g/mol. The molecule has 0 aromatic heterocycles. The summed E-state index contributed by atoms with van der Waals surface area (Å²) in [5.74, 6) is -0.523. The first-order valence-corrected chi connectivity index (χ1v) is 9.26. The van der Waals surface area contributed by atoms with Gasteiger partial charge < -0.3 is 24.8 Å². The van der Waals surface area contributed by atoms with E-state index in [2.05, 4.69) is 10.6 Å². The minimum Gasteiger partial charge on any atom is -0.492 e. The lowest BCUT2D eigenvalue weighted by Gasteiger charge is -2.25. The Morgan fingerprint density at radius 1 is 1.14 bits per heavy atom. The molecule has 0 spiro atoms. The summed E-state index contributed by atoms with van der Waals surface area (Å²) in [6.07, 6.45) is -1.30. The topological polar surface area (TPSA) is 103 Å². The van der Waals surface area contributed by atoms with Crippen LogP contribution in [-0.2, 0) is 19.1 Å². The Morgan fingerprint density at radius 3 is 2.69 bits per heavy atom. The molecule has 2 aromatic carbocycles. The zero-order chi connectivity index (χ0) is 20.6. The van der Waals surface area contributed by atoms with Gasteiger partial charge in [-0.1, -0.05) is 23.7 Å². The zero-order valence-electron chi connectivity index (χ0n) is 15.4. The number of halogens is 1. The van der Waals surface area contributed by atoms with Crippen molar-refractivity contribution in [3.63, 3.8) is 0 Å². The Morgan fingerprint density at radius 2 is 1.90 bits per heavy atom. The van der Waals surface area contributed by atoms with Crippen LogP contribution in [0, 0.1) is 0 Å². The van der Waals surface area contributed by atoms with Crippen LogP contribution in [0.5, 0.6) is 11.5 Å². The number of ether oxygens (including phenoxy) is 3. The van der Waals surface area contributed by atoms with Crippen LogP contribution in [0.15, 0.2) is 48.5 Å². The van der Waals surface area contributed by atoms with Gasteiger partial charge in [0.05, 0.1) is 18.7 Å². The molecule has 0 fully saturated rings. The van der Waals surface area contributed by atoms with Crippen molar-refractivity contribution in [3.8, 4) is 11.5 Å². The predicted octanol–water partition coefficient (Wildman–Crippen LogP) is 2.17. The van der Waals surface area contributed by atoms with Crippen molar-refractivity contribution in [3.05, 3.63) is 53.6 Å². The molecule has 1 aliphatic heterocycles. The van der Waals surface area contributed by atoms with E-state index < -0.39 is 30.5 Å². The van der Waals surface area contributed by atoms with Gasteiger partial charge in [0, 0.05) is 5.02 Å². The smallest absolute Gasteiger partial charge is 0.310 e. The summed E-state index contributed by atoms with van der Waals surface area (Å²) in [6, 6.07) is 13.7. The molecule has 2 aromatic rings. The first-order chi connectivity index (χ1) is 14.0. The molecule has 2 N–H and O–H groups in total. The molecule has 0 saturated heterocycles. The van der Waals surface area contributed by atoms with Crippen molar-refractivity contribution in [2.24, 2.45) is 0 Å². The van der Waals surface area contributed by atoms with Crippen molar-refractivity contribution in [1.82, 2.24) is 5.32 Å². The number of nitrogens with one attached hydrogen (secondary N) is 2. The highest BCUT2D eigenvalue weighted by Crippen LogP contribution is 2.29. The average molecular weight is 419 g/mol. The van der Waals surface area contributed by atoms with Crippen molar-refractivity contribution in [2.75, 3.05) is 25.1 Å². The van der Waals surface area contributed by atoms with Crippen molar-refractivity contribution >= 4 is 35.1 Å². The number of carbonyl (C=O) groups excluding carboxylic acids is 3. The molecule has 1 aliphatic rings. The third kappa shape index (κ3) is 6.11. The Labute approximate surface area is 172 Å². The molecule has 0 aliphatic carbocycles. The van der Waals surface area contributed by atoms with Crippen molar-refractivity contribution in [2.45, 2.75) is 12.5 Å². The van der Waals surface area contributed by atoms with Crippen molar-refractivity contribution < 1.29 is 28.6 Å². The minimum absolute atomic E-state index is 0.240. The number of benzene rings is 2. The van der Waals surface area contributed by atoms with Crippen LogP contribution >= 0.6 is 11.6 Å². The second kappa shape index (κ2) is 9.79. The lowest BCUT2D eigenvalue weighted by molar-refractivity contribution is -0.151. The summed E-state index contributed by atoms with van der Waals surface area (Å²) >= 11 is 5.78. The van der Waals surface area contributed by atoms with E-state index in [0.29, 0.717) is 22.2 Å². The Balaban J connectivity index is 1.33. The van der Waals surface area contributed by atoms with Gasteiger partial charge in [0.1, 0.15) is 18.1 Å². The van der Waals surface area contributed by atoms with E-state index in [4.69, 9.17) is 25.8 Å². The molecule has 2 amide bonds. The SMILES string of the molecule is O=C(COC(=O)C[C@@H]1Oc2ccccc2NC1=O)NCCOc1ccc(Cl)cc1. The highest BCUT2D eigenvalue weighted by Gasteiger charge is 2.30. The molecule has 0 bridgehead atoms. The second-order valence-corrected chi connectivity index (χ2v) is 6.55. The summed E-state index contributed by atoms with van der Waals surface area (Å²) in [6.45, 7) is 0.0332. The van der Waals surface area contributed by atoms with Gasteiger partial charge in [0.25, 0.3) is 11.8 Å². The first kappa shape index (κ1) is 20.5. The first-order valence-electron chi connectivity index (χ1n) is 8.88. The number of rotatable bonds is 8. The molecule has 8 nitrogen and oxygen atoms in total. The predicted molar refractivity (Wildman–Crippen MR) is 105 cm³/mol. The number of hydrogen-bond acceptors (Lipinski definition) is 6. The van der Waals surface area contributed by atoms with Crippen LogP contribution in [0.4, 0.5) is 5.69 Å². The number of anilines is 1. The maximum absolute atomic E-state index is 12.0. The van der Waals surface area contributed by atoms with Crippen LogP contribution in [0.1, 0.15) is 6.42 Å². The van der Waals surface area contributed by atoms with E-state index in [-0.39, 0.29) is 19.6 Å². The molecular weight excluding hydrogens is 400 g/mol. The van der Waals surface area contributed by atoms with Gasteiger partial charge in [-0.15, -0.1) is 0 Å². The second-order valence-electron chi connectivity index (χ2n) is 6.11. The third-order valence-corrected chi connectivity index (χ3v) is 4.18. The molecule has 0 unspecified atom stereocenters. The van der Waals surface area contributed by atoms with Crippen molar-refractivity contribution in [1.29, 1.82) is 0 Å². The summed E-state index contributed by atoms with van der Waals surface area (Å²) in [7, 11) is 0. The van der Waals surface area contributed by atoms with Gasteiger partial charge >= 0.3 is 5.97 Å². The average Bonchev–Trinajstić information content (AvgIpc) is 2.71. The van der Waals surface area contributed by atoms with E-state index in [1.807, 2.05) is 0 Å². The van der Waals surface area contributed by atoms with E-state index in [0.717, 1.165) is 0 Å². The quantitative estimate of drug-likeness (QED) is 0.503. The highest BCUT2D eigenvalue weighted by molar-refractivity contribution is 6.30. The van der Waals surface area contributed by atoms with Gasteiger partial charge in [-0.25, -0.2) is 0 Å². The maximum Gasteiger partial charge on any atom is 0.310 e. The summed E-state index contributed by atoms with van der Waals surface area (Å²) in [4.78, 5) is 35.7. The van der Waals surface area contributed by atoms with Gasteiger partial charge in [-0.05, 0) is 36.4 Å². The van der Waals surface area contributed by atoms with Crippen LogP contribution in [0.25, 0.3) is 0 Å². The fraction of sp³-hybridized carbons (Fsp3) is 0.250. The van der Waals surface area contributed by atoms with Crippen LogP contribution in [0.3, 0.4) is 0 Å². The van der Waals surface area contributed by atoms with E-state index in [1.54, 1.807) is 48.5 Å². The number of hydrogen-bond donors (Lipinski definition) is 2. The van der Waals surface area contributed by atoms with E-state index in [1.165, 1.54) is 0 Å². The fourth-order valence-electron chi connectivity index (χ4n) is 2.52. The standard InChI is InChI=1S/C20H19ClN2O6/c21-13-5-7-14(8-6-13)27-10-9-22-18(24)12-28-19(25)11-17-20(26)23-15-3-1-2-4-16(15)29-17/h1-8,17H,9-12H2,(H,22,24)(H,23,26)/t17-/m0/s1. The molecule has 3 rings (SSSR count). The van der Waals surface area contributed by atoms with Crippen LogP contribution in [0.2, 0.25) is 5.02 Å². The normalized spacial score (nSPS) is 14.8. The molecule has 1 atom stereocenters. The van der Waals surface area contributed by atoms with E-state index in [9.17, 15) is 14.4 Å². The molecular formula is C20H19ClN2O6. The summed E-state index contributed by atoms with van der Waals surface area (Å²) in [5, 5.41) is 5.83. The summed E-state index contributed by atoms with van der Waals surface area (Å²) in [5.41, 5.74) is 0.544. The fourth-order valence-corrected chi connectivity index (χ4v) is 2.65. The number of carbonyl (C=O) groups is 3. The van der Waals surface area contributed by atoms with E-state index >= 15 is 0 Å². The zero-order valence-corrected chi connectivity index (χ0v) is 16.1. The number of para-hydroxylation sites is 2. The van der Waals surface area contributed by atoms with Gasteiger partial charge in [0.2, 0.25) is 0 Å². The molecule has 0 radical (unpaired) electrons. The van der Waals surface area contributed by atoms with Gasteiger partial charge in [-0.2, -0.15) is 0 Å². The van der Waals surface area contributed by atoms with Crippen LogP contribution < -0.4 is 20.1 Å². The maximum atomic E-state index is 12.0. The van der Waals surface area contributed by atoms with Crippen LogP contribution in [-0.4, -0.2) is 43.6 Å². The van der Waals surface area contributed by atoms with Gasteiger partial charge in [-0.3, -0.25) is 14.4 Å². The molecule has 0 saturated carbocycles. The largest absolute Gasteiger partial charge is 0.492 e. The molecule has 152 valence electrons. The molecule has 29 heavy (non-hydrogen) atoms. The lowest BCUT2D eigenvalue weighted by Crippen LogP contribution is -2.39.